The number of hydrogen-bond donors (Lipinski definition) is 3. The van der Waals surface area contributed by atoms with Crippen LogP contribution in [0.3, 0.4) is 0 Å². The molecule has 0 aliphatic carbocycles. The molecule has 0 aliphatic heterocycles. The third-order valence-electron chi connectivity index (χ3n) is 11.0. The highest BCUT2D eigenvalue weighted by molar-refractivity contribution is 5.76. The summed E-state index contributed by atoms with van der Waals surface area (Å²) in [5.41, 5.74) is 0. The summed E-state index contributed by atoms with van der Waals surface area (Å²) in [6.07, 6.45) is 60.9. The summed E-state index contributed by atoms with van der Waals surface area (Å²) in [5.74, 6) is -0.177. The number of allylic oxidation sites excluding steroid dienone is 9. The van der Waals surface area contributed by atoms with Crippen molar-refractivity contribution in [3.8, 4) is 0 Å². The van der Waals surface area contributed by atoms with E-state index in [1.54, 1.807) is 6.08 Å². The van der Waals surface area contributed by atoms with Crippen LogP contribution in [0.15, 0.2) is 60.8 Å². The number of nitrogens with one attached hydrogen (secondary N) is 1. The van der Waals surface area contributed by atoms with Gasteiger partial charge in [0, 0.05) is 12.8 Å². The van der Waals surface area contributed by atoms with Gasteiger partial charge in [-0.15, -0.1) is 0 Å². The minimum Gasteiger partial charge on any atom is -0.466 e. The molecule has 0 rings (SSSR count). The van der Waals surface area contributed by atoms with Gasteiger partial charge in [0.15, 0.2) is 0 Å². The van der Waals surface area contributed by atoms with Crippen molar-refractivity contribution in [3.63, 3.8) is 0 Å². The van der Waals surface area contributed by atoms with Crippen LogP contribution in [0.25, 0.3) is 0 Å². The second-order valence-corrected chi connectivity index (χ2v) is 16.8. The topological polar surface area (TPSA) is 95.9 Å². The summed E-state index contributed by atoms with van der Waals surface area (Å²) in [6.45, 7) is 4.77. The predicted octanol–water partition coefficient (Wildman–Crippen LogP) is 14.8. The summed E-state index contributed by atoms with van der Waals surface area (Å²) in [7, 11) is 0. The van der Waals surface area contributed by atoms with Crippen molar-refractivity contribution in [2.75, 3.05) is 13.2 Å². The number of amides is 1. The van der Waals surface area contributed by atoms with Crippen LogP contribution >= 0.6 is 0 Å². The number of ether oxygens (including phenoxy) is 1. The van der Waals surface area contributed by atoms with E-state index in [-0.39, 0.29) is 18.5 Å². The molecule has 0 aromatic carbocycles. The molecule has 0 aliphatic rings. The zero-order valence-electron chi connectivity index (χ0n) is 38.7. The lowest BCUT2D eigenvalue weighted by Crippen LogP contribution is -2.45. The zero-order valence-corrected chi connectivity index (χ0v) is 38.7. The highest BCUT2D eigenvalue weighted by Crippen LogP contribution is 2.14. The molecule has 0 heterocycles. The second kappa shape index (κ2) is 48.2. The van der Waals surface area contributed by atoms with Gasteiger partial charge in [-0.25, -0.2) is 0 Å². The van der Waals surface area contributed by atoms with Crippen molar-refractivity contribution in [2.24, 2.45) is 0 Å². The summed E-state index contributed by atoms with van der Waals surface area (Å²) < 4.78 is 5.46. The Morgan fingerprint density at radius 1 is 0.475 bits per heavy atom. The lowest BCUT2D eigenvalue weighted by molar-refractivity contribution is -0.143. The molecule has 0 aromatic heterocycles. The highest BCUT2D eigenvalue weighted by Gasteiger charge is 2.17. The minimum absolute atomic E-state index is 0.0239. The van der Waals surface area contributed by atoms with E-state index in [2.05, 4.69) is 61.7 Å². The van der Waals surface area contributed by atoms with Gasteiger partial charge in [-0.2, -0.15) is 0 Å². The summed E-state index contributed by atoms with van der Waals surface area (Å²) >= 11 is 0. The molecule has 59 heavy (non-hydrogen) atoms. The van der Waals surface area contributed by atoms with Crippen molar-refractivity contribution < 1.29 is 24.5 Å². The molecule has 0 saturated heterocycles. The molecule has 0 bridgehead atoms. The Balaban J connectivity index is 3.55. The molecule has 2 unspecified atom stereocenters. The molecule has 1 amide bonds. The van der Waals surface area contributed by atoms with Crippen molar-refractivity contribution in [1.29, 1.82) is 0 Å². The average Bonchev–Trinajstić information content (AvgIpc) is 3.24. The van der Waals surface area contributed by atoms with Crippen LogP contribution in [0, 0.1) is 0 Å². The normalized spacial score (nSPS) is 13.2. The average molecular weight is 826 g/mol. The first-order valence-electron chi connectivity index (χ1n) is 25.1. The SMILES string of the molecule is CCCCC/C=C\C/C=C\CCCCCCCCCCCC(=O)OCCCCCCCC/C=C\C/C=C\CCC(=O)NC(CO)C(O)/C=C/CCCCCCCCCC. The number of esters is 1. The molecular formula is C53H95NO5. The molecule has 3 N–H and O–H groups in total. The first kappa shape index (κ1) is 56.6. The van der Waals surface area contributed by atoms with Crippen LogP contribution in [-0.2, 0) is 14.3 Å². The van der Waals surface area contributed by atoms with Crippen LogP contribution in [-0.4, -0.2) is 47.4 Å². The van der Waals surface area contributed by atoms with E-state index in [1.165, 1.54) is 148 Å². The fraction of sp³-hybridized carbons (Fsp3) is 0.774. The smallest absolute Gasteiger partial charge is 0.305 e. The van der Waals surface area contributed by atoms with Crippen LogP contribution in [0.2, 0.25) is 0 Å². The maximum atomic E-state index is 12.3. The first-order valence-corrected chi connectivity index (χ1v) is 25.1. The van der Waals surface area contributed by atoms with Crippen molar-refractivity contribution in [3.05, 3.63) is 60.8 Å². The Morgan fingerprint density at radius 3 is 1.36 bits per heavy atom. The van der Waals surface area contributed by atoms with Gasteiger partial charge < -0.3 is 20.3 Å². The number of aliphatic hydroxyl groups excluding tert-OH is 2. The van der Waals surface area contributed by atoms with E-state index in [1.807, 2.05) is 12.2 Å². The maximum absolute atomic E-state index is 12.3. The van der Waals surface area contributed by atoms with Gasteiger partial charge in [-0.3, -0.25) is 9.59 Å². The van der Waals surface area contributed by atoms with E-state index < -0.39 is 12.1 Å². The van der Waals surface area contributed by atoms with Gasteiger partial charge in [-0.05, 0) is 83.5 Å². The van der Waals surface area contributed by atoms with Gasteiger partial charge in [0.05, 0.1) is 25.4 Å². The lowest BCUT2D eigenvalue weighted by Gasteiger charge is -2.19. The van der Waals surface area contributed by atoms with E-state index in [0.717, 1.165) is 57.8 Å². The molecule has 0 saturated carbocycles. The van der Waals surface area contributed by atoms with E-state index in [4.69, 9.17) is 4.74 Å². The van der Waals surface area contributed by atoms with Gasteiger partial charge >= 0.3 is 5.97 Å². The number of rotatable bonds is 45. The van der Waals surface area contributed by atoms with Crippen LogP contribution < -0.4 is 5.32 Å². The van der Waals surface area contributed by atoms with Crippen molar-refractivity contribution in [2.45, 2.75) is 251 Å². The molecule has 0 spiro atoms. The van der Waals surface area contributed by atoms with Crippen molar-refractivity contribution in [1.82, 2.24) is 5.32 Å². The maximum Gasteiger partial charge on any atom is 0.305 e. The van der Waals surface area contributed by atoms with Gasteiger partial charge in [0.1, 0.15) is 0 Å². The Bertz CT molecular complexity index is 1050. The number of hydrogen-bond acceptors (Lipinski definition) is 5. The Morgan fingerprint density at radius 2 is 0.864 bits per heavy atom. The van der Waals surface area contributed by atoms with Gasteiger partial charge in [-0.1, -0.05) is 203 Å². The molecule has 2 atom stereocenters. The largest absolute Gasteiger partial charge is 0.466 e. The molecule has 0 radical (unpaired) electrons. The molecule has 6 heteroatoms. The standard InChI is InChI=1S/C53H95NO5/c1-3-5-7-9-11-13-15-16-17-18-19-20-21-24-27-31-35-39-43-47-53(58)59-48-44-40-36-32-28-25-22-23-26-30-34-38-42-46-52(57)54-50(49-55)51(56)45-41-37-33-29-14-12-10-8-6-4-2/h11,13,16-17,23,26,34,38,41,45,50-51,55-56H,3-10,12,14-15,18-22,24-25,27-33,35-37,39-40,42-44,46-49H2,1-2H3,(H,54,57)/b13-11-,17-16-,26-23-,38-34-,45-41+. The molecular weight excluding hydrogens is 731 g/mol. The lowest BCUT2D eigenvalue weighted by atomic mass is 10.1. The van der Waals surface area contributed by atoms with Crippen LogP contribution in [0.1, 0.15) is 239 Å². The molecule has 0 fully saturated rings. The van der Waals surface area contributed by atoms with Gasteiger partial charge in [0.25, 0.3) is 0 Å². The molecule has 6 nitrogen and oxygen atoms in total. The number of unbranched alkanes of at least 4 members (excludes halogenated alkanes) is 26. The van der Waals surface area contributed by atoms with Crippen LogP contribution in [0.4, 0.5) is 0 Å². The highest BCUT2D eigenvalue weighted by atomic mass is 16.5. The summed E-state index contributed by atoms with van der Waals surface area (Å²) in [5, 5.41) is 22.8. The summed E-state index contributed by atoms with van der Waals surface area (Å²) in [6, 6.07) is -0.671. The summed E-state index contributed by atoms with van der Waals surface area (Å²) in [4.78, 5) is 24.4. The third-order valence-corrected chi connectivity index (χ3v) is 11.0. The number of carbonyl (C=O) groups excluding carboxylic acids is 2. The minimum atomic E-state index is -0.878. The Hall–Kier alpha value is -2.44. The zero-order chi connectivity index (χ0) is 43.0. The quantitative estimate of drug-likeness (QED) is 0.0323. The number of carbonyl (C=O) groups is 2. The van der Waals surface area contributed by atoms with Crippen LogP contribution in [0.5, 0.6) is 0 Å². The Kier molecular flexibility index (Phi) is 46.2. The molecule has 0 aromatic rings. The van der Waals surface area contributed by atoms with E-state index in [0.29, 0.717) is 25.9 Å². The Labute approximate surface area is 365 Å². The first-order chi connectivity index (χ1) is 29.0. The van der Waals surface area contributed by atoms with Crippen molar-refractivity contribution >= 4 is 11.9 Å². The molecule has 342 valence electrons. The van der Waals surface area contributed by atoms with E-state index >= 15 is 0 Å². The third kappa shape index (κ3) is 44.9. The fourth-order valence-corrected chi connectivity index (χ4v) is 7.12. The fourth-order valence-electron chi connectivity index (χ4n) is 7.12. The van der Waals surface area contributed by atoms with Gasteiger partial charge in [0.2, 0.25) is 5.91 Å². The second-order valence-electron chi connectivity index (χ2n) is 16.8. The number of aliphatic hydroxyl groups is 2. The monoisotopic (exact) mass is 826 g/mol. The predicted molar refractivity (Wildman–Crippen MR) is 255 cm³/mol. The van der Waals surface area contributed by atoms with E-state index in [9.17, 15) is 19.8 Å².